The number of hydrogen-bond donors (Lipinski definition) is 1. The molecule has 1 unspecified atom stereocenters. The summed E-state index contributed by atoms with van der Waals surface area (Å²) >= 11 is 2.28. The molecule has 2 nitrogen and oxygen atoms in total. The number of halogens is 1. The smallest absolute Gasteiger partial charge is 0.140 e. The molecule has 0 amide bonds. The summed E-state index contributed by atoms with van der Waals surface area (Å²) in [6.07, 6.45) is 1.92. The van der Waals surface area contributed by atoms with Gasteiger partial charge in [-0.25, -0.2) is 0 Å². The van der Waals surface area contributed by atoms with Crippen molar-refractivity contribution in [3.05, 3.63) is 57.2 Å². The van der Waals surface area contributed by atoms with Crippen molar-refractivity contribution in [3.63, 3.8) is 0 Å². The molecule has 2 aromatic rings. The molecule has 1 atom stereocenters. The van der Waals surface area contributed by atoms with Gasteiger partial charge in [0.1, 0.15) is 11.5 Å². The van der Waals surface area contributed by atoms with E-state index in [-0.39, 0.29) is 6.04 Å². The standard InChI is InChI=1S/C17H20INO/c1-3-14(19)11-13-8-9-15(10-12(13)2)20-17-7-5-4-6-16(17)18/h4-10,14H,3,11,19H2,1-2H3. The Balaban J connectivity index is 2.15. The highest BCUT2D eigenvalue weighted by Crippen LogP contribution is 2.28. The van der Waals surface area contributed by atoms with Crippen molar-refractivity contribution in [1.29, 1.82) is 0 Å². The number of ether oxygens (including phenoxy) is 1. The van der Waals surface area contributed by atoms with E-state index in [2.05, 4.69) is 48.6 Å². The third-order valence-electron chi connectivity index (χ3n) is 3.38. The zero-order valence-electron chi connectivity index (χ0n) is 11.9. The van der Waals surface area contributed by atoms with Gasteiger partial charge in [0, 0.05) is 6.04 Å². The molecule has 0 bridgehead atoms. The summed E-state index contributed by atoms with van der Waals surface area (Å²) in [4.78, 5) is 0. The maximum atomic E-state index is 6.02. The molecule has 0 heterocycles. The molecule has 0 spiro atoms. The second-order valence-electron chi connectivity index (χ2n) is 4.99. The number of hydrogen-bond acceptors (Lipinski definition) is 2. The predicted molar refractivity (Wildman–Crippen MR) is 92.4 cm³/mol. The van der Waals surface area contributed by atoms with E-state index in [4.69, 9.17) is 10.5 Å². The van der Waals surface area contributed by atoms with Crippen LogP contribution in [0.2, 0.25) is 0 Å². The number of aryl methyl sites for hydroxylation is 1. The molecule has 0 saturated heterocycles. The van der Waals surface area contributed by atoms with E-state index in [1.165, 1.54) is 11.1 Å². The first-order valence-electron chi connectivity index (χ1n) is 6.87. The van der Waals surface area contributed by atoms with Crippen LogP contribution in [-0.2, 0) is 6.42 Å². The Hall–Kier alpha value is -1.07. The van der Waals surface area contributed by atoms with Gasteiger partial charge in [0.15, 0.2) is 0 Å². The van der Waals surface area contributed by atoms with E-state index in [0.29, 0.717) is 0 Å². The second kappa shape index (κ2) is 7.09. The topological polar surface area (TPSA) is 35.2 Å². The van der Waals surface area contributed by atoms with Gasteiger partial charge in [-0.15, -0.1) is 0 Å². The van der Waals surface area contributed by atoms with Crippen LogP contribution in [0.3, 0.4) is 0 Å². The van der Waals surface area contributed by atoms with Crippen molar-refractivity contribution in [2.45, 2.75) is 32.7 Å². The first kappa shape index (κ1) is 15.3. The first-order chi connectivity index (χ1) is 9.60. The zero-order chi connectivity index (χ0) is 14.5. The monoisotopic (exact) mass is 381 g/mol. The highest BCUT2D eigenvalue weighted by atomic mass is 127. The molecule has 0 aliphatic carbocycles. The lowest BCUT2D eigenvalue weighted by Crippen LogP contribution is -2.21. The fourth-order valence-electron chi connectivity index (χ4n) is 2.04. The van der Waals surface area contributed by atoms with Gasteiger partial charge in [0.05, 0.1) is 3.57 Å². The minimum atomic E-state index is 0.232. The van der Waals surface area contributed by atoms with Gasteiger partial charge in [-0.1, -0.05) is 25.1 Å². The fraction of sp³-hybridized carbons (Fsp3) is 0.294. The van der Waals surface area contributed by atoms with E-state index in [0.717, 1.165) is 27.9 Å². The molecule has 0 radical (unpaired) electrons. The zero-order valence-corrected chi connectivity index (χ0v) is 14.1. The number of nitrogens with two attached hydrogens (primary N) is 1. The van der Waals surface area contributed by atoms with Crippen LogP contribution < -0.4 is 10.5 Å². The van der Waals surface area contributed by atoms with Gasteiger partial charge in [-0.05, 0) is 77.7 Å². The molecule has 2 aromatic carbocycles. The lowest BCUT2D eigenvalue weighted by atomic mass is 10.00. The number of para-hydroxylation sites is 1. The number of rotatable bonds is 5. The molecule has 0 aromatic heterocycles. The quantitative estimate of drug-likeness (QED) is 0.764. The summed E-state index contributed by atoms with van der Waals surface area (Å²) in [6.45, 7) is 4.23. The predicted octanol–water partition coefficient (Wildman–Crippen LogP) is 4.67. The molecule has 0 aliphatic heterocycles. The van der Waals surface area contributed by atoms with Gasteiger partial charge in [-0.3, -0.25) is 0 Å². The Labute approximate surface area is 134 Å². The fourth-order valence-corrected chi connectivity index (χ4v) is 2.54. The van der Waals surface area contributed by atoms with Gasteiger partial charge < -0.3 is 10.5 Å². The summed E-state index contributed by atoms with van der Waals surface area (Å²) in [5.74, 6) is 1.77. The van der Waals surface area contributed by atoms with Gasteiger partial charge >= 0.3 is 0 Å². The molecule has 0 saturated carbocycles. The van der Waals surface area contributed by atoms with E-state index < -0.39 is 0 Å². The Morgan fingerprint density at radius 3 is 2.60 bits per heavy atom. The Bertz CT molecular complexity index is 583. The van der Waals surface area contributed by atoms with E-state index >= 15 is 0 Å². The van der Waals surface area contributed by atoms with Crippen molar-refractivity contribution in [2.24, 2.45) is 5.73 Å². The van der Waals surface area contributed by atoms with Gasteiger partial charge in [0.2, 0.25) is 0 Å². The summed E-state index contributed by atoms with van der Waals surface area (Å²) in [6, 6.07) is 14.5. The van der Waals surface area contributed by atoms with Crippen molar-refractivity contribution in [3.8, 4) is 11.5 Å². The Morgan fingerprint density at radius 2 is 1.95 bits per heavy atom. The number of benzene rings is 2. The van der Waals surface area contributed by atoms with Crippen LogP contribution in [0, 0.1) is 10.5 Å². The summed E-state index contributed by atoms with van der Waals surface area (Å²) in [7, 11) is 0. The van der Waals surface area contributed by atoms with Crippen LogP contribution in [0.4, 0.5) is 0 Å². The van der Waals surface area contributed by atoms with Crippen molar-refractivity contribution < 1.29 is 4.74 Å². The van der Waals surface area contributed by atoms with Crippen LogP contribution in [-0.4, -0.2) is 6.04 Å². The molecular formula is C17H20INO. The van der Waals surface area contributed by atoms with Crippen LogP contribution in [0.25, 0.3) is 0 Å². The molecule has 0 fully saturated rings. The average Bonchev–Trinajstić information content (AvgIpc) is 2.44. The van der Waals surface area contributed by atoms with Crippen LogP contribution in [0.5, 0.6) is 11.5 Å². The summed E-state index contributed by atoms with van der Waals surface area (Å²) in [5, 5.41) is 0. The second-order valence-corrected chi connectivity index (χ2v) is 6.16. The molecule has 20 heavy (non-hydrogen) atoms. The minimum absolute atomic E-state index is 0.232. The lowest BCUT2D eigenvalue weighted by Gasteiger charge is -2.13. The molecule has 2 rings (SSSR count). The molecule has 106 valence electrons. The van der Waals surface area contributed by atoms with Crippen LogP contribution >= 0.6 is 22.6 Å². The van der Waals surface area contributed by atoms with E-state index in [9.17, 15) is 0 Å². The molecular weight excluding hydrogens is 361 g/mol. The largest absolute Gasteiger partial charge is 0.456 e. The maximum absolute atomic E-state index is 6.02. The Kier molecular flexibility index (Phi) is 5.43. The highest BCUT2D eigenvalue weighted by molar-refractivity contribution is 14.1. The van der Waals surface area contributed by atoms with E-state index in [1.807, 2.05) is 30.3 Å². The maximum Gasteiger partial charge on any atom is 0.140 e. The van der Waals surface area contributed by atoms with E-state index in [1.54, 1.807) is 0 Å². The Morgan fingerprint density at radius 1 is 1.20 bits per heavy atom. The molecule has 3 heteroatoms. The SMILES string of the molecule is CCC(N)Cc1ccc(Oc2ccccc2I)cc1C. The summed E-state index contributed by atoms with van der Waals surface area (Å²) < 4.78 is 7.05. The lowest BCUT2D eigenvalue weighted by molar-refractivity contribution is 0.478. The normalized spacial score (nSPS) is 12.2. The molecule has 0 aliphatic rings. The van der Waals surface area contributed by atoms with Crippen molar-refractivity contribution in [2.75, 3.05) is 0 Å². The molecule has 2 N–H and O–H groups in total. The van der Waals surface area contributed by atoms with Gasteiger partial charge in [-0.2, -0.15) is 0 Å². The summed E-state index contributed by atoms with van der Waals surface area (Å²) in [5.41, 5.74) is 8.56. The minimum Gasteiger partial charge on any atom is -0.456 e. The van der Waals surface area contributed by atoms with Crippen LogP contribution in [0.1, 0.15) is 24.5 Å². The van der Waals surface area contributed by atoms with Gasteiger partial charge in [0.25, 0.3) is 0 Å². The highest BCUT2D eigenvalue weighted by Gasteiger charge is 2.07. The average molecular weight is 381 g/mol. The van der Waals surface area contributed by atoms with Crippen molar-refractivity contribution in [1.82, 2.24) is 0 Å². The third kappa shape index (κ3) is 3.96. The third-order valence-corrected chi connectivity index (χ3v) is 4.28. The van der Waals surface area contributed by atoms with Crippen molar-refractivity contribution >= 4 is 22.6 Å². The van der Waals surface area contributed by atoms with Crippen LogP contribution in [0.15, 0.2) is 42.5 Å². The first-order valence-corrected chi connectivity index (χ1v) is 7.95.